The molecule has 7 nitrogen and oxygen atoms in total. The van der Waals surface area contributed by atoms with Crippen molar-refractivity contribution >= 4 is 5.91 Å². The van der Waals surface area contributed by atoms with Gasteiger partial charge in [0.1, 0.15) is 0 Å². The Kier molecular flexibility index (Phi) is 4.17. The van der Waals surface area contributed by atoms with Gasteiger partial charge in [-0.25, -0.2) is 0 Å². The third kappa shape index (κ3) is 3.00. The molecule has 22 heavy (non-hydrogen) atoms. The standard InChI is InChI=1S/C15H18N4O3/c20-9-10-6-11(7-14(10)21)17-15(22)13-8-16-19(18-13)12-4-2-1-3-5-12/h1-5,8,10-11,14,20-21H,6-7,9H2,(H,17,22). The number of carbonyl (C=O) groups is 1. The van der Waals surface area contributed by atoms with Gasteiger partial charge in [0.25, 0.3) is 5.91 Å². The first kappa shape index (κ1) is 14.7. The van der Waals surface area contributed by atoms with Gasteiger partial charge in [-0.15, -0.1) is 5.10 Å². The lowest BCUT2D eigenvalue weighted by Crippen LogP contribution is -2.33. The Morgan fingerprint density at radius 1 is 1.32 bits per heavy atom. The molecule has 7 heteroatoms. The van der Waals surface area contributed by atoms with Crippen LogP contribution in [0.15, 0.2) is 36.5 Å². The summed E-state index contributed by atoms with van der Waals surface area (Å²) in [6.45, 7) is -0.0717. The van der Waals surface area contributed by atoms with E-state index in [2.05, 4.69) is 15.5 Å². The van der Waals surface area contributed by atoms with Crippen molar-refractivity contribution in [2.75, 3.05) is 6.61 Å². The summed E-state index contributed by atoms with van der Waals surface area (Å²) in [4.78, 5) is 13.6. The number of aliphatic hydroxyl groups excluding tert-OH is 2. The van der Waals surface area contributed by atoms with E-state index in [1.807, 2.05) is 30.3 Å². The first-order valence-electron chi connectivity index (χ1n) is 7.25. The summed E-state index contributed by atoms with van der Waals surface area (Å²) >= 11 is 0. The highest BCUT2D eigenvalue weighted by Crippen LogP contribution is 2.25. The lowest BCUT2D eigenvalue weighted by Gasteiger charge is -2.10. The van der Waals surface area contributed by atoms with Crippen LogP contribution in [0.5, 0.6) is 0 Å². The van der Waals surface area contributed by atoms with Crippen molar-refractivity contribution < 1.29 is 15.0 Å². The molecule has 1 amide bonds. The molecule has 0 spiro atoms. The molecule has 1 saturated carbocycles. The summed E-state index contributed by atoms with van der Waals surface area (Å²) in [5.74, 6) is -0.497. The van der Waals surface area contributed by atoms with Crippen molar-refractivity contribution in [1.29, 1.82) is 0 Å². The predicted molar refractivity (Wildman–Crippen MR) is 78.4 cm³/mol. The fourth-order valence-electron chi connectivity index (χ4n) is 2.73. The third-order valence-corrected chi connectivity index (χ3v) is 3.94. The molecular formula is C15H18N4O3. The molecule has 3 unspecified atom stereocenters. The fourth-order valence-corrected chi connectivity index (χ4v) is 2.73. The molecule has 1 heterocycles. The van der Waals surface area contributed by atoms with Gasteiger partial charge in [-0.3, -0.25) is 4.79 Å². The number of aliphatic hydroxyl groups is 2. The van der Waals surface area contributed by atoms with E-state index >= 15 is 0 Å². The molecule has 0 saturated heterocycles. The van der Waals surface area contributed by atoms with Crippen LogP contribution in [0.4, 0.5) is 0 Å². The zero-order valence-electron chi connectivity index (χ0n) is 12.0. The molecule has 1 aliphatic carbocycles. The number of benzene rings is 1. The summed E-state index contributed by atoms with van der Waals surface area (Å²) in [5, 5.41) is 30.0. The Balaban J connectivity index is 1.65. The summed E-state index contributed by atoms with van der Waals surface area (Å²) in [6, 6.07) is 9.17. The SMILES string of the molecule is O=C(NC1CC(O)C(CO)C1)c1cnn(-c2ccccc2)n1. The van der Waals surface area contributed by atoms with Gasteiger partial charge in [0.05, 0.1) is 18.0 Å². The van der Waals surface area contributed by atoms with Gasteiger partial charge in [0.15, 0.2) is 5.69 Å². The Morgan fingerprint density at radius 3 is 2.77 bits per heavy atom. The smallest absolute Gasteiger partial charge is 0.273 e. The van der Waals surface area contributed by atoms with Crippen molar-refractivity contribution in [1.82, 2.24) is 20.3 Å². The maximum Gasteiger partial charge on any atom is 0.273 e. The average molecular weight is 302 g/mol. The Labute approximate surface area is 127 Å². The van der Waals surface area contributed by atoms with Crippen LogP contribution in [0.2, 0.25) is 0 Å². The number of aromatic nitrogens is 3. The largest absolute Gasteiger partial charge is 0.396 e. The van der Waals surface area contributed by atoms with Crippen LogP contribution in [0.3, 0.4) is 0 Å². The molecule has 1 aromatic carbocycles. The van der Waals surface area contributed by atoms with E-state index in [1.54, 1.807) is 0 Å². The van der Waals surface area contributed by atoms with E-state index < -0.39 is 6.10 Å². The second kappa shape index (κ2) is 6.25. The van der Waals surface area contributed by atoms with Gasteiger partial charge in [0.2, 0.25) is 0 Å². The van der Waals surface area contributed by atoms with Crippen LogP contribution in [0, 0.1) is 5.92 Å². The number of rotatable bonds is 4. The van der Waals surface area contributed by atoms with E-state index in [0.29, 0.717) is 12.8 Å². The molecule has 2 aromatic rings. The topological polar surface area (TPSA) is 100 Å². The van der Waals surface area contributed by atoms with Crippen molar-refractivity contribution in [3.05, 3.63) is 42.2 Å². The summed E-state index contributed by atoms with van der Waals surface area (Å²) in [6.07, 6.45) is 1.85. The zero-order chi connectivity index (χ0) is 15.5. The van der Waals surface area contributed by atoms with E-state index in [4.69, 9.17) is 5.11 Å². The van der Waals surface area contributed by atoms with Crippen molar-refractivity contribution in [2.24, 2.45) is 5.92 Å². The number of carbonyl (C=O) groups excluding carboxylic acids is 1. The van der Waals surface area contributed by atoms with Gasteiger partial charge >= 0.3 is 0 Å². The minimum atomic E-state index is -0.574. The molecule has 1 fully saturated rings. The number of amides is 1. The predicted octanol–water partition coefficient (Wildman–Crippen LogP) is 0.129. The molecular weight excluding hydrogens is 284 g/mol. The van der Waals surface area contributed by atoms with E-state index in [0.717, 1.165) is 5.69 Å². The van der Waals surface area contributed by atoms with Crippen LogP contribution in [0.1, 0.15) is 23.3 Å². The maximum atomic E-state index is 12.2. The Morgan fingerprint density at radius 2 is 2.09 bits per heavy atom. The highest BCUT2D eigenvalue weighted by atomic mass is 16.3. The van der Waals surface area contributed by atoms with Gasteiger partial charge < -0.3 is 15.5 Å². The number of hydrogen-bond acceptors (Lipinski definition) is 5. The van der Waals surface area contributed by atoms with Crippen molar-refractivity contribution in [3.8, 4) is 5.69 Å². The maximum absolute atomic E-state index is 12.2. The fraction of sp³-hybridized carbons (Fsp3) is 0.400. The number of hydrogen-bond donors (Lipinski definition) is 3. The first-order chi connectivity index (χ1) is 10.7. The van der Waals surface area contributed by atoms with Crippen LogP contribution in [-0.2, 0) is 0 Å². The molecule has 3 atom stereocenters. The highest BCUT2D eigenvalue weighted by molar-refractivity contribution is 5.92. The van der Waals surface area contributed by atoms with Crippen LogP contribution in [-0.4, -0.2) is 49.9 Å². The van der Waals surface area contributed by atoms with E-state index in [1.165, 1.54) is 11.0 Å². The van der Waals surface area contributed by atoms with E-state index in [-0.39, 0.29) is 30.2 Å². The van der Waals surface area contributed by atoms with Gasteiger partial charge in [0, 0.05) is 18.6 Å². The Hall–Kier alpha value is -2.25. The van der Waals surface area contributed by atoms with Crippen molar-refractivity contribution in [2.45, 2.75) is 25.0 Å². The highest BCUT2D eigenvalue weighted by Gasteiger charge is 2.33. The van der Waals surface area contributed by atoms with Crippen LogP contribution >= 0.6 is 0 Å². The van der Waals surface area contributed by atoms with Gasteiger partial charge in [-0.1, -0.05) is 18.2 Å². The normalized spacial score (nSPS) is 24.4. The molecule has 116 valence electrons. The number of para-hydroxylation sites is 1. The van der Waals surface area contributed by atoms with Crippen LogP contribution in [0.25, 0.3) is 5.69 Å². The molecule has 1 aromatic heterocycles. The van der Waals surface area contributed by atoms with E-state index in [9.17, 15) is 9.90 Å². The first-order valence-corrected chi connectivity index (χ1v) is 7.25. The minimum absolute atomic E-state index is 0.0717. The second-order valence-electron chi connectivity index (χ2n) is 5.51. The van der Waals surface area contributed by atoms with Crippen LogP contribution < -0.4 is 5.32 Å². The Bertz CT molecular complexity index is 643. The van der Waals surface area contributed by atoms with Crippen molar-refractivity contribution in [3.63, 3.8) is 0 Å². The molecule has 3 N–H and O–H groups in total. The molecule has 3 rings (SSSR count). The lowest BCUT2D eigenvalue weighted by molar-refractivity contribution is 0.0902. The summed E-state index contributed by atoms with van der Waals surface area (Å²) in [5.41, 5.74) is 1.00. The lowest BCUT2D eigenvalue weighted by atomic mass is 10.1. The molecule has 0 aliphatic heterocycles. The molecule has 0 bridgehead atoms. The molecule has 1 aliphatic rings. The van der Waals surface area contributed by atoms with Gasteiger partial charge in [-0.05, 0) is 25.0 Å². The third-order valence-electron chi connectivity index (χ3n) is 3.94. The minimum Gasteiger partial charge on any atom is -0.396 e. The monoisotopic (exact) mass is 302 g/mol. The quantitative estimate of drug-likeness (QED) is 0.745. The number of nitrogens with zero attached hydrogens (tertiary/aromatic N) is 3. The summed E-state index contributed by atoms with van der Waals surface area (Å²) < 4.78 is 0. The average Bonchev–Trinajstić information content (AvgIpc) is 3.15. The summed E-state index contributed by atoms with van der Waals surface area (Å²) in [7, 11) is 0. The zero-order valence-corrected chi connectivity index (χ0v) is 12.0. The van der Waals surface area contributed by atoms with Gasteiger partial charge in [-0.2, -0.15) is 9.90 Å². The number of nitrogens with one attached hydrogen (secondary N) is 1. The molecule has 0 radical (unpaired) electrons. The second-order valence-corrected chi connectivity index (χ2v) is 5.51.